The molecule has 1 saturated heterocycles. The Labute approximate surface area is 196 Å². The summed E-state index contributed by atoms with van der Waals surface area (Å²) in [5, 5.41) is 2.99. The van der Waals surface area contributed by atoms with E-state index in [1.807, 2.05) is 30.3 Å². The van der Waals surface area contributed by atoms with E-state index in [1.54, 1.807) is 23.1 Å². The first-order valence-electron chi connectivity index (χ1n) is 11.2. The molecule has 3 heterocycles. The monoisotopic (exact) mass is 457 g/mol. The molecular formula is C26H23N3O5. The van der Waals surface area contributed by atoms with Crippen molar-refractivity contribution in [3.63, 3.8) is 0 Å². The van der Waals surface area contributed by atoms with E-state index >= 15 is 0 Å². The smallest absolute Gasteiger partial charge is 0.261 e. The SMILES string of the molecule is O=C(NC1CCN(C(=O)c2ccoc2)CC1)c1ccc2c(c1)C(=O)N(Cc1ccccc1)C2=O. The third-order valence-corrected chi connectivity index (χ3v) is 6.30. The fraction of sp³-hybridized carbons (Fsp3) is 0.231. The van der Waals surface area contributed by atoms with Crippen molar-refractivity contribution in [2.75, 3.05) is 13.1 Å². The van der Waals surface area contributed by atoms with Crippen molar-refractivity contribution in [2.24, 2.45) is 0 Å². The van der Waals surface area contributed by atoms with Gasteiger partial charge in [-0.15, -0.1) is 0 Å². The highest BCUT2D eigenvalue weighted by molar-refractivity contribution is 6.22. The number of imide groups is 1. The van der Waals surface area contributed by atoms with Gasteiger partial charge in [-0.25, -0.2) is 0 Å². The topological polar surface area (TPSA) is 99.9 Å². The van der Waals surface area contributed by atoms with E-state index in [4.69, 9.17) is 4.42 Å². The molecule has 0 atom stereocenters. The van der Waals surface area contributed by atoms with E-state index in [9.17, 15) is 19.2 Å². The molecule has 172 valence electrons. The molecule has 8 nitrogen and oxygen atoms in total. The number of furan rings is 1. The van der Waals surface area contributed by atoms with E-state index in [2.05, 4.69) is 5.32 Å². The largest absolute Gasteiger partial charge is 0.472 e. The van der Waals surface area contributed by atoms with Crippen LogP contribution in [0, 0.1) is 0 Å². The molecule has 2 aromatic carbocycles. The van der Waals surface area contributed by atoms with Gasteiger partial charge >= 0.3 is 0 Å². The predicted octanol–water partition coefficient (Wildman–Crippen LogP) is 3.11. The van der Waals surface area contributed by atoms with Crippen molar-refractivity contribution in [3.05, 3.63) is 94.9 Å². The van der Waals surface area contributed by atoms with Crippen LogP contribution in [0.1, 0.15) is 59.8 Å². The van der Waals surface area contributed by atoms with Gasteiger partial charge in [0, 0.05) is 24.7 Å². The molecule has 0 aliphatic carbocycles. The quantitative estimate of drug-likeness (QED) is 0.594. The molecule has 34 heavy (non-hydrogen) atoms. The molecule has 2 aliphatic rings. The van der Waals surface area contributed by atoms with Crippen LogP contribution in [0.15, 0.2) is 71.5 Å². The minimum Gasteiger partial charge on any atom is -0.472 e. The minimum absolute atomic E-state index is 0.0823. The summed E-state index contributed by atoms with van der Waals surface area (Å²) in [6, 6.07) is 15.5. The van der Waals surface area contributed by atoms with Crippen molar-refractivity contribution in [1.29, 1.82) is 0 Å². The average molecular weight is 457 g/mol. The highest BCUT2D eigenvalue weighted by Crippen LogP contribution is 2.26. The van der Waals surface area contributed by atoms with Gasteiger partial charge in [0.2, 0.25) is 0 Å². The Morgan fingerprint density at radius 2 is 1.65 bits per heavy atom. The average Bonchev–Trinajstić information content (AvgIpc) is 3.48. The molecule has 2 aliphatic heterocycles. The number of likely N-dealkylation sites (tertiary alicyclic amines) is 1. The number of carbonyl (C=O) groups excluding carboxylic acids is 4. The number of nitrogens with zero attached hydrogens (tertiary/aromatic N) is 2. The number of benzene rings is 2. The summed E-state index contributed by atoms with van der Waals surface area (Å²) in [6.07, 6.45) is 4.15. The van der Waals surface area contributed by atoms with Gasteiger partial charge in [-0.05, 0) is 42.7 Å². The van der Waals surface area contributed by atoms with E-state index in [-0.39, 0.29) is 35.9 Å². The third kappa shape index (κ3) is 4.10. The molecule has 3 aromatic rings. The molecule has 4 amide bonds. The van der Waals surface area contributed by atoms with Gasteiger partial charge in [-0.3, -0.25) is 24.1 Å². The number of nitrogens with one attached hydrogen (secondary N) is 1. The maximum absolute atomic E-state index is 12.9. The maximum Gasteiger partial charge on any atom is 0.261 e. The Kier molecular flexibility index (Phi) is 5.71. The summed E-state index contributed by atoms with van der Waals surface area (Å²) in [5.74, 6) is -1.14. The van der Waals surface area contributed by atoms with Crippen LogP contribution in [0.2, 0.25) is 0 Å². The van der Waals surface area contributed by atoms with E-state index in [0.29, 0.717) is 42.6 Å². The van der Waals surface area contributed by atoms with Gasteiger partial charge in [-0.2, -0.15) is 0 Å². The molecule has 8 heteroatoms. The number of rotatable bonds is 5. The zero-order valence-corrected chi connectivity index (χ0v) is 18.4. The van der Waals surface area contributed by atoms with Crippen LogP contribution in [0.25, 0.3) is 0 Å². The fourth-order valence-electron chi connectivity index (χ4n) is 4.41. The lowest BCUT2D eigenvalue weighted by Gasteiger charge is -2.32. The second-order valence-corrected chi connectivity index (χ2v) is 8.49. The van der Waals surface area contributed by atoms with Gasteiger partial charge in [-0.1, -0.05) is 30.3 Å². The summed E-state index contributed by atoms with van der Waals surface area (Å²) in [5.41, 5.74) is 2.25. The first-order valence-corrected chi connectivity index (χ1v) is 11.2. The lowest BCUT2D eigenvalue weighted by atomic mass is 10.0. The van der Waals surface area contributed by atoms with Gasteiger partial charge in [0.15, 0.2) is 0 Å². The van der Waals surface area contributed by atoms with Crippen LogP contribution < -0.4 is 5.32 Å². The van der Waals surface area contributed by atoms with Crippen LogP contribution in [0.3, 0.4) is 0 Å². The second kappa shape index (κ2) is 8.97. The van der Waals surface area contributed by atoms with E-state index < -0.39 is 5.91 Å². The first-order chi connectivity index (χ1) is 16.5. The van der Waals surface area contributed by atoms with Gasteiger partial charge in [0.25, 0.3) is 23.6 Å². The van der Waals surface area contributed by atoms with Crippen molar-refractivity contribution < 1.29 is 23.6 Å². The fourth-order valence-corrected chi connectivity index (χ4v) is 4.41. The molecule has 0 radical (unpaired) electrons. The molecule has 0 bridgehead atoms. The zero-order chi connectivity index (χ0) is 23.7. The van der Waals surface area contributed by atoms with Gasteiger partial charge in [0.05, 0.1) is 29.5 Å². The van der Waals surface area contributed by atoms with Crippen molar-refractivity contribution in [2.45, 2.75) is 25.4 Å². The third-order valence-electron chi connectivity index (χ3n) is 6.30. The minimum atomic E-state index is -0.399. The molecule has 5 rings (SSSR count). The maximum atomic E-state index is 12.9. The number of hydrogen-bond donors (Lipinski definition) is 1. The van der Waals surface area contributed by atoms with Crippen LogP contribution >= 0.6 is 0 Å². The summed E-state index contributed by atoms with van der Waals surface area (Å²) >= 11 is 0. The van der Waals surface area contributed by atoms with E-state index in [0.717, 1.165) is 5.56 Å². The first kappa shape index (κ1) is 21.6. The summed E-state index contributed by atoms with van der Waals surface area (Å²) in [4.78, 5) is 53.9. The van der Waals surface area contributed by atoms with Crippen molar-refractivity contribution in [1.82, 2.24) is 15.1 Å². The zero-order valence-electron chi connectivity index (χ0n) is 18.4. The number of carbonyl (C=O) groups is 4. The van der Waals surface area contributed by atoms with Crippen molar-refractivity contribution in [3.8, 4) is 0 Å². The Morgan fingerprint density at radius 3 is 2.35 bits per heavy atom. The summed E-state index contributed by atoms with van der Waals surface area (Å²) in [6.45, 7) is 1.24. The highest BCUT2D eigenvalue weighted by Gasteiger charge is 2.36. The second-order valence-electron chi connectivity index (χ2n) is 8.49. The molecule has 0 spiro atoms. The Hall–Kier alpha value is -4.20. The Morgan fingerprint density at radius 1 is 0.912 bits per heavy atom. The molecule has 0 unspecified atom stereocenters. The molecule has 1 fully saturated rings. The summed E-state index contributed by atoms with van der Waals surface area (Å²) in [7, 11) is 0. The molecule has 1 N–H and O–H groups in total. The number of piperidine rings is 1. The van der Waals surface area contributed by atoms with Crippen LogP contribution in [0.5, 0.6) is 0 Å². The van der Waals surface area contributed by atoms with Crippen molar-refractivity contribution >= 4 is 23.6 Å². The van der Waals surface area contributed by atoms with Crippen LogP contribution in [-0.2, 0) is 6.54 Å². The Bertz CT molecular complexity index is 1240. The van der Waals surface area contributed by atoms with Crippen LogP contribution in [-0.4, -0.2) is 52.6 Å². The Balaban J connectivity index is 1.22. The molecule has 1 aromatic heterocycles. The summed E-state index contributed by atoms with van der Waals surface area (Å²) < 4.78 is 4.98. The lowest BCUT2D eigenvalue weighted by Crippen LogP contribution is -2.46. The number of amides is 4. The van der Waals surface area contributed by atoms with Crippen LogP contribution in [0.4, 0.5) is 0 Å². The standard InChI is InChI=1S/C26H23N3O5/c30-23(27-20-8-11-28(12-9-20)24(31)19-10-13-34-16-19)18-6-7-21-22(14-18)26(33)29(25(21)32)15-17-4-2-1-3-5-17/h1-7,10,13-14,16,20H,8-9,11-12,15H2,(H,27,30). The van der Waals surface area contributed by atoms with E-state index in [1.165, 1.54) is 23.5 Å². The lowest BCUT2D eigenvalue weighted by molar-refractivity contribution is 0.0639. The van der Waals surface area contributed by atoms with Gasteiger partial charge < -0.3 is 14.6 Å². The molecular weight excluding hydrogens is 434 g/mol. The number of fused-ring (bicyclic) bond motifs is 1. The normalized spacial score (nSPS) is 16.0. The highest BCUT2D eigenvalue weighted by atomic mass is 16.3. The number of hydrogen-bond acceptors (Lipinski definition) is 5. The predicted molar refractivity (Wildman–Crippen MR) is 122 cm³/mol. The van der Waals surface area contributed by atoms with Gasteiger partial charge in [0.1, 0.15) is 6.26 Å². The molecule has 0 saturated carbocycles.